The zero-order valence-electron chi connectivity index (χ0n) is 11.1. The number of ether oxygens (including phenoxy) is 1. The molecule has 0 fully saturated rings. The van der Waals surface area contributed by atoms with E-state index in [1.54, 1.807) is 7.11 Å². The van der Waals surface area contributed by atoms with Crippen molar-refractivity contribution in [3.05, 3.63) is 28.8 Å². The number of benzene rings is 1. The standard InChI is InChI=1S/C14H22ClNO/c1-5-14(2,3)10-16-9-11-8-12(15)6-7-13(11)17-4/h6-8,16H,5,9-10H2,1-4H3. The quantitative estimate of drug-likeness (QED) is 0.833. The van der Waals surface area contributed by atoms with Crippen LogP contribution in [0.1, 0.15) is 32.8 Å². The molecule has 0 heterocycles. The highest BCUT2D eigenvalue weighted by atomic mass is 35.5. The first-order chi connectivity index (χ1) is 7.98. The Hall–Kier alpha value is -0.730. The molecule has 1 aromatic carbocycles. The first kappa shape index (κ1) is 14.3. The van der Waals surface area contributed by atoms with Crippen LogP contribution in [0.15, 0.2) is 18.2 Å². The molecule has 1 aromatic rings. The highest BCUT2D eigenvalue weighted by molar-refractivity contribution is 6.30. The maximum atomic E-state index is 5.99. The van der Waals surface area contributed by atoms with E-state index in [0.717, 1.165) is 35.8 Å². The zero-order chi connectivity index (χ0) is 12.9. The first-order valence-corrected chi connectivity index (χ1v) is 6.39. The van der Waals surface area contributed by atoms with Crippen molar-refractivity contribution < 1.29 is 4.74 Å². The van der Waals surface area contributed by atoms with Gasteiger partial charge in [0.2, 0.25) is 0 Å². The minimum absolute atomic E-state index is 0.325. The van der Waals surface area contributed by atoms with Crippen molar-refractivity contribution in [2.24, 2.45) is 5.41 Å². The van der Waals surface area contributed by atoms with E-state index < -0.39 is 0 Å². The Morgan fingerprint density at radius 2 is 2.06 bits per heavy atom. The number of halogens is 1. The second-order valence-electron chi connectivity index (χ2n) is 5.08. The van der Waals surface area contributed by atoms with Gasteiger partial charge in [-0.25, -0.2) is 0 Å². The van der Waals surface area contributed by atoms with Crippen molar-refractivity contribution in [2.75, 3.05) is 13.7 Å². The van der Waals surface area contributed by atoms with Crippen LogP contribution in [-0.2, 0) is 6.54 Å². The summed E-state index contributed by atoms with van der Waals surface area (Å²) in [5.74, 6) is 0.885. The average Bonchev–Trinajstić information content (AvgIpc) is 2.29. The molecule has 1 N–H and O–H groups in total. The molecule has 3 heteroatoms. The van der Waals surface area contributed by atoms with Crippen molar-refractivity contribution in [1.82, 2.24) is 5.32 Å². The number of hydrogen-bond acceptors (Lipinski definition) is 2. The fourth-order valence-corrected chi connectivity index (χ4v) is 1.74. The van der Waals surface area contributed by atoms with E-state index in [1.807, 2.05) is 18.2 Å². The third-order valence-corrected chi connectivity index (χ3v) is 3.35. The normalized spacial score (nSPS) is 11.6. The van der Waals surface area contributed by atoms with E-state index in [9.17, 15) is 0 Å². The van der Waals surface area contributed by atoms with Gasteiger partial charge in [-0.1, -0.05) is 32.4 Å². The van der Waals surface area contributed by atoms with Crippen LogP contribution < -0.4 is 10.1 Å². The molecule has 0 aliphatic heterocycles. The summed E-state index contributed by atoms with van der Waals surface area (Å²) in [5.41, 5.74) is 1.43. The Labute approximate surface area is 109 Å². The lowest BCUT2D eigenvalue weighted by Gasteiger charge is -2.23. The largest absolute Gasteiger partial charge is 0.496 e. The fourth-order valence-electron chi connectivity index (χ4n) is 1.55. The lowest BCUT2D eigenvalue weighted by molar-refractivity contribution is 0.326. The van der Waals surface area contributed by atoms with Crippen molar-refractivity contribution in [2.45, 2.75) is 33.7 Å². The molecule has 0 radical (unpaired) electrons. The molecular formula is C14H22ClNO. The number of methoxy groups -OCH3 is 1. The minimum atomic E-state index is 0.325. The highest BCUT2D eigenvalue weighted by Gasteiger charge is 2.14. The van der Waals surface area contributed by atoms with E-state index in [1.165, 1.54) is 0 Å². The van der Waals surface area contributed by atoms with Gasteiger partial charge in [0.15, 0.2) is 0 Å². The Balaban J connectivity index is 2.59. The predicted octanol–water partition coefficient (Wildman–Crippen LogP) is 3.87. The van der Waals surface area contributed by atoms with E-state index in [0.29, 0.717) is 5.41 Å². The predicted molar refractivity (Wildman–Crippen MR) is 73.8 cm³/mol. The maximum absolute atomic E-state index is 5.99. The van der Waals surface area contributed by atoms with Gasteiger partial charge in [0.1, 0.15) is 5.75 Å². The van der Waals surface area contributed by atoms with Gasteiger partial charge in [0.05, 0.1) is 7.11 Å². The molecule has 0 unspecified atom stereocenters. The molecule has 17 heavy (non-hydrogen) atoms. The lowest BCUT2D eigenvalue weighted by atomic mass is 9.90. The van der Waals surface area contributed by atoms with Crippen molar-refractivity contribution in [3.63, 3.8) is 0 Å². The second kappa shape index (κ2) is 6.27. The SMILES string of the molecule is CCC(C)(C)CNCc1cc(Cl)ccc1OC. The third-order valence-electron chi connectivity index (χ3n) is 3.12. The summed E-state index contributed by atoms with van der Waals surface area (Å²) in [6, 6.07) is 5.70. The lowest BCUT2D eigenvalue weighted by Crippen LogP contribution is -2.28. The minimum Gasteiger partial charge on any atom is -0.496 e. The summed E-state index contributed by atoms with van der Waals surface area (Å²) in [7, 11) is 1.68. The third kappa shape index (κ3) is 4.57. The van der Waals surface area contributed by atoms with Gasteiger partial charge < -0.3 is 10.1 Å². The molecule has 0 saturated carbocycles. The Morgan fingerprint density at radius 3 is 2.65 bits per heavy atom. The zero-order valence-corrected chi connectivity index (χ0v) is 11.9. The van der Waals surface area contributed by atoms with Crippen LogP contribution in [0.25, 0.3) is 0 Å². The summed E-state index contributed by atoms with van der Waals surface area (Å²) in [6.07, 6.45) is 1.16. The van der Waals surface area contributed by atoms with E-state index >= 15 is 0 Å². The molecule has 0 spiro atoms. The van der Waals surface area contributed by atoms with Crippen LogP contribution in [-0.4, -0.2) is 13.7 Å². The highest BCUT2D eigenvalue weighted by Crippen LogP contribution is 2.23. The van der Waals surface area contributed by atoms with Crippen LogP contribution in [0.2, 0.25) is 5.02 Å². The van der Waals surface area contributed by atoms with Crippen molar-refractivity contribution >= 4 is 11.6 Å². The van der Waals surface area contributed by atoms with Gasteiger partial charge in [-0.15, -0.1) is 0 Å². The Morgan fingerprint density at radius 1 is 1.35 bits per heavy atom. The molecule has 0 atom stereocenters. The fraction of sp³-hybridized carbons (Fsp3) is 0.571. The van der Waals surface area contributed by atoms with Crippen LogP contribution >= 0.6 is 11.6 Å². The van der Waals surface area contributed by atoms with Gasteiger partial charge in [-0.2, -0.15) is 0 Å². The van der Waals surface area contributed by atoms with Crippen molar-refractivity contribution in [1.29, 1.82) is 0 Å². The molecule has 1 rings (SSSR count). The summed E-state index contributed by atoms with van der Waals surface area (Å²) in [6.45, 7) is 8.50. The molecule has 0 amide bonds. The average molecular weight is 256 g/mol. The summed E-state index contributed by atoms with van der Waals surface area (Å²) < 4.78 is 5.31. The Bertz CT molecular complexity index is 363. The molecular weight excluding hydrogens is 234 g/mol. The van der Waals surface area contributed by atoms with Gasteiger partial charge in [0, 0.05) is 23.7 Å². The molecule has 0 aliphatic rings. The first-order valence-electron chi connectivity index (χ1n) is 6.01. The molecule has 96 valence electrons. The van der Waals surface area contributed by atoms with E-state index in [4.69, 9.17) is 16.3 Å². The number of nitrogens with one attached hydrogen (secondary N) is 1. The summed E-state index contributed by atoms with van der Waals surface area (Å²) >= 11 is 5.99. The molecule has 0 aliphatic carbocycles. The molecule has 0 bridgehead atoms. The van der Waals surface area contributed by atoms with Gasteiger partial charge in [-0.05, 0) is 30.0 Å². The van der Waals surface area contributed by atoms with Crippen LogP contribution in [0.5, 0.6) is 5.75 Å². The van der Waals surface area contributed by atoms with Gasteiger partial charge >= 0.3 is 0 Å². The van der Waals surface area contributed by atoms with Gasteiger partial charge in [0.25, 0.3) is 0 Å². The number of rotatable bonds is 6. The van der Waals surface area contributed by atoms with E-state index in [-0.39, 0.29) is 0 Å². The molecule has 0 saturated heterocycles. The summed E-state index contributed by atoms with van der Waals surface area (Å²) in [4.78, 5) is 0. The molecule has 0 aromatic heterocycles. The van der Waals surface area contributed by atoms with Gasteiger partial charge in [-0.3, -0.25) is 0 Å². The maximum Gasteiger partial charge on any atom is 0.123 e. The molecule has 2 nitrogen and oxygen atoms in total. The summed E-state index contributed by atoms with van der Waals surface area (Å²) in [5, 5.41) is 4.20. The second-order valence-corrected chi connectivity index (χ2v) is 5.51. The van der Waals surface area contributed by atoms with Crippen LogP contribution in [0.4, 0.5) is 0 Å². The monoisotopic (exact) mass is 255 g/mol. The van der Waals surface area contributed by atoms with Crippen LogP contribution in [0, 0.1) is 5.41 Å². The van der Waals surface area contributed by atoms with E-state index in [2.05, 4.69) is 26.1 Å². The van der Waals surface area contributed by atoms with Crippen LogP contribution in [0.3, 0.4) is 0 Å². The smallest absolute Gasteiger partial charge is 0.123 e. The number of hydrogen-bond donors (Lipinski definition) is 1. The Kier molecular flexibility index (Phi) is 5.29. The topological polar surface area (TPSA) is 21.3 Å². The van der Waals surface area contributed by atoms with Crippen molar-refractivity contribution in [3.8, 4) is 5.75 Å².